The lowest BCUT2D eigenvalue weighted by Gasteiger charge is -2.19. The minimum absolute atomic E-state index is 0. The zero-order chi connectivity index (χ0) is 20.6. The number of hydrogen-bond donors (Lipinski definition) is 2. The summed E-state index contributed by atoms with van der Waals surface area (Å²) in [4.78, 5) is 15.5. The number of halogens is 1. The van der Waals surface area contributed by atoms with Crippen molar-refractivity contribution in [2.24, 2.45) is 4.99 Å². The number of nitrogens with zero attached hydrogens (tertiary/aromatic N) is 1. The van der Waals surface area contributed by atoms with E-state index >= 15 is 0 Å². The van der Waals surface area contributed by atoms with Crippen molar-refractivity contribution in [1.82, 2.24) is 10.6 Å². The predicted molar refractivity (Wildman–Crippen MR) is 128 cm³/mol. The number of benzene rings is 1. The van der Waals surface area contributed by atoms with Gasteiger partial charge in [-0.1, -0.05) is 25.0 Å². The maximum absolute atomic E-state index is 11.3. The molecule has 0 amide bonds. The number of methoxy groups -OCH3 is 1. The van der Waals surface area contributed by atoms with Crippen LogP contribution in [0.25, 0.3) is 0 Å². The van der Waals surface area contributed by atoms with Gasteiger partial charge in [0.1, 0.15) is 6.10 Å². The van der Waals surface area contributed by atoms with E-state index in [-0.39, 0.29) is 36.0 Å². The Balaban J connectivity index is 0.00000784. The van der Waals surface area contributed by atoms with Gasteiger partial charge in [-0.3, -0.25) is 9.79 Å². The molecule has 0 aliphatic rings. The number of guanidine groups is 1. The number of aliphatic imine (C=N–C) groups is 1. The van der Waals surface area contributed by atoms with Gasteiger partial charge in [-0.15, -0.1) is 24.0 Å². The standard InChI is InChI=1S/C21H35N3O4.HI/c1-5-27-20(25)14-8-6-7-11-15-23-21(22-3)24-16-17(2)28-19-13-10-9-12-18(19)26-4;/h9-10,12-13,17H,5-8,11,14-16H2,1-4H3,(H2,22,23,24);1H. The van der Waals surface area contributed by atoms with Crippen molar-refractivity contribution >= 4 is 35.9 Å². The number of para-hydroxylation sites is 2. The number of carbonyl (C=O) groups is 1. The molecule has 0 aromatic heterocycles. The van der Waals surface area contributed by atoms with Crippen LogP contribution in [-0.2, 0) is 9.53 Å². The van der Waals surface area contributed by atoms with Crippen molar-refractivity contribution in [3.8, 4) is 11.5 Å². The highest BCUT2D eigenvalue weighted by Crippen LogP contribution is 2.26. The summed E-state index contributed by atoms with van der Waals surface area (Å²) in [6, 6.07) is 7.61. The number of ether oxygens (including phenoxy) is 3. The second-order valence-corrected chi connectivity index (χ2v) is 6.43. The van der Waals surface area contributed by atoms with Crippen LogP contribution in [0.15, 0.2) is 29.3 Å². The number of unbranched alkanes of at least 4 members (excludes halogenated alkanes) is 3. The fraction of sp³-hybridized carbons (Fsp3) is 0.619. The van der Waals surface area contributed by atoms with Gasteiger partial charge < -0.3 is 24.8 Å². The number of nitrogens with one attached hydrogen (secondary N) is 2. The third-order valence-electron chi connectivity index (χ3n) is 4.08. The number of esters is 1. The lowest BCUT2D eigenvalue weighted by Crippen LogP contribution is -2.42. The third kappa shape index (κ3) is 12.5. The van der Waals surface area contributed by atoms with Crippen molar-refractivity contribution in [2.75, 3.05) is 33.9 Å². The summed E-state index contributed by atoms with van der Waals surface area (Å²) in [5.41, 5.74) is 0. The van der Waals surface area contributed by atoms with Gasteiger partial charge in [0.25, 0.3) is 0 Å². The number of carbonyl (C=O) groups excluding carboxylic acids is 1. The van der Waals surface area contributed by atoms with E-state index in [1.165, 1.54) is 0 Å². The largest absolute Gasteiger partial charge is 0.493 e. The normalized spacial score (nSPS) is 11.8. The first-order valence-electron chi connectivity index (χ1n) is 10.0. The molecule has 0 saturated heterocycles. The van der Waals surface area contributed by atoms with Gasteiger partial charge >= 0.3 is 5.97 Å². The van der Waals surface area contributed by atoms with Crippen LogP contribution in [0, 0.1) is 0 Å². The van der Waals surface area contributed by atoms with E-state index in [1.54, 1.807) is 14.2 Å². The molecule has 0 aliphatic carbocycles. The molecule has 29 heavy (non-hydrogen) atoms. The van der Waals surface area contributed by atoms with E-state index in [0.29, 0.717) is 19.6 Å². The number of rotatable bonds is 13. The molecule has 0 saturated carbocycles. The molecule has 7 nitrogen and oxygen atoms in total. The van der Waals surface area contributed by atoms with E-state index in [9.17, 15) is 4.79 Å². The first kappa shape index (κ1) is 27.3. The Morgan fingerprint density at radius 2 is 1.79 bits per heavy atom. The molecule has 0 radical (unpaired) electrons. The Labute approximate surface area is 192 Å². The average molecular weight is 521 g/mol. The van der Waals surface area contributed by atoms with E-state index in [4.69, 9.17) is 14.2 Å². The molecule has 0 fully saturated rings. The molecule has 0 heterocycles. The fourth-order valence-corrected chi connectivity index (χ4v) is 2.62. The van der Waals surface area contributed by atoms with Gasteiger partial charge in [-0.05, 0) is 38.8 Å². The molecule has 2 N–H and O–H groups in total. The van der Waals surface area contributed by atoms with E-state index in [2.05, 4.69) is 15.6 Å². The zero-order valence-corrected chi connectivity index (χ0v) is 20.4. The van der Waals surface area contributed by atoms with Crippen LogP contribution in [0.3, 0.4) is 0 Å². The Bertz CT molecular complexity index is 599. The molecule has 166 valence electrons. The maximum atomic E-state index is 11.3. The highest BCUT2D eigenvalue weighted by atomic mass is 127. The van der Waals surface area contributed by atoms with Crippen LogP contribution in [-0.4, -0.2) is 51.9 Å². The molecular formula is C21H36IN3O4. The smallest absolute Gasteiger partial charge is 0.305 e. The van der Waals surface area contributed by atoms with Gasteiger partial charge in [0, 0.05) is 20.0 Å². The SMILES string of the molecule is CCOC(=O)CCCCCCNC(=NC)NCC(C)Oc1ccccc1OC.I. The van der Waals surface area contributed by atoms with Gasteiger partial charge in [0.2, 0.25) is 0 Å². The molecule has 0 bridgehead atoms. The van der Waals surface area contributed by atoms with Crippen LogP contribution in [0.2, 0.25) is 0 Å². The molecule has 1 atom stereocenters. The molecule has 1 aromatic carbocycles. The lowest BCUT2D eigenvalue weighted by atomic mass is 10.1. The topological polar surface area (TPSA) is 81.2 Å². The van der Waals surface area contributed by atoms with Crippen molar-refractivity contribution in [1.29, 1.82) is 0 Å². The summed E-state index contributed by atoms with van der Waals surface area (Å²) in [7, 11) is 3.38. The van der Waals surface area contributed by atoms with E-state index in [1.807, 2.05) is 38.1 Å². The minimum Gasteiger partial charge on any atom is -0.493 e. The maximum Gasteiger partial charge on any atom is 0.305 e. The van der Waals surface area contributed by atoms with Crippen LogP contribution in [0.5, 0.6) is 11.5 Å². The lowest BCUT2D eigenvalue weighted by molar-refractivity contribution is -0.143. The number of hydrogen-bond acceptors (Lipinski definition) is 5. The van der Waals surface area contributed by atoms with Gasteiger partial charge in [-0.25, -0.2) is 0 Å². The van der Waals surface area contributed by atoms with Crippen LogP contribution in [0.1, 0.15) is 46.0 Å². The zero-order valence-electron chi connectivity index (χ0n) is 18.0. The quantitative estimate of drug-likeness (QED) is 0.135. The van der Waals surface area contributed by atoms with Crippen molar-refractivity contribution in [2.45, 2.75) is 52.1 Å². The Kier molecular flexibility index (Phi) is 16.2. The monoisotopic (exact) mass is 521 g/mol. The summed E-state index contributed by atoms with van der Waals surface area (Å²) in [6.07, 6.45) is 4.46. The summed E-state index contributed by atoms with van der Waals surface area (Å²) in [6.45, 7) is 5.74. The Hall–Kier alpha value is -1.71. The van der Waals surface area contributed by atoms with Crippen molar-refractivity contribution in [3.05, 3.63) is 24.3 Å². The fourth-order valence-electron chi connectivity index (χ4n) is 2.62. The predicted octanol–water partition coefficient (Wildman–Crippen LogP) is 3.76. The first-order chi connectivity index (χ1) is 13.6. The summed E-state index contributed by atoms with van der Waals surface area (Å²) < 4.78 is 16.2. The summed E-state index contributed by atoms with van der Waals surface area (Å²) in [5.74, 6) is 2.10. The summed E-state index contributed by atoms with van der Waals surface area (Å²) in [5, 5.41) is 6.57. The van der Waals surface area contributed by atoms with Gasteiger partial charge in [-0.2, -0.15) is 0 Å². The molecule has 1 aromatic rings. The third-order valence-corrected chi connectivity index (χ3v) is 4.08. The second kappa shape index (κ2) is 17.2. The molecule has 0 spiro atoms. The van der Waals surface area contributed by atoms with Gasteiger partial charge in [0.05, 0.1) is 20.3 Å². The van der Waals surface area contributed by atoms with Crippen LogP contribution < -0.4 is 20.1 Å². The van der Waals surface area contributed by atoms with E-state index in [0.717, 1.165) is 49.7 Å². The average Bonchev–Trinajstić information content (AvgIpc) is 2.70. The van der Waals surface area contributed by atoms with Crippen molar-refractivity contribution in [3.63, 3.8) is 0 Å². The first-order valence-corrected chi connectivity index (χ1v) is 10.0. The minimum atomic E-state index is -0.102. The molecule has 0 aliphatic heterocycles. The highest BCUT2D eigenvalue weighted by molar-refractivity contribution is 14.0. The molecule has 1 unspecified atom stereocenters. The van der Waals surface area contributed by atoms with Crippen molar-refractivity contribution < 1.29 is 19.0 Å². The summed E-state index contributed by atoms with van der Waals surface area (Å²) >= 11 is 0. The Morgan fingerprint density at radius 1 is 1.10 bits per heavy atom. The van der Waals surface area contributed by atoms with E-state index < -0.39 is 0 Å². The van der Waals surface area contributed by atoms with Gasteiger partial charge in [0.15, 0.2) is 17.5 Å². The highest BCUT2D eigenvalue weighted by Gasteiger charge is 2.09. The molecule has 8 heteroatoms. The van der Waals surface area contributed by atoms with Crippen LogP contribution >= 0.6 is 24.0 Å². The molecule has 1 rings (SSSR count). The Morgan fingerprint density at radius 3 is 2.45 bits per heavy atom. The second-order valence-electron chi connectivity index (χ2n) is 6.43. The van der Waals surface area contributed by atoms with Crippen LogP contribution in [0.4, 0.5) is 0 Å². The molecular weight excluding hydrogens is 485 g/mol.